The van der Waals surface area contributed by atoms with Crippen LogP contribution in [0.3, 0.4) is 0 Å². The van der Waals surface area contributed by atoms with E-state index in [1.54, 1.807) is 0 Å². The van der Waals surface area contributed by atoms with Gasteiger partial charge in [0.15, 0.2) is 0 Å². The molecule has 0 aromatic heterocycles. The normalized spacial score (nSPS) is 22.0. The molecule has 0 amide bonds. The summed E-state index contributed by atoms with van der Waals surface area (Å²) in [5.41, 5.74) is 8.45. The molecule has 1 aliphatic rings. The SMILES string of the molecule is Cc1ccc(Cl)cc1N1CCCN(C)CC1CN. The van der Waals surface area contributed by atoms with Crippen LogP contribution >= 0.6 is 11.6 Å². The average molecular weight is 268 g/mol. The number of aryl methyl sites for hydroxylation is 1. The van der Waals surface area contributed by atoms with Crippen molar-refractivity contribution in [3.63, 3.8) is 0 Å². The zero-order chi connectivity index (χ0) is 13.1. The molecule has 3 nitrogen and oxygen atoms in total. The average Bonchev–Trinajstić information content (AvgIpc) is 2.53. The lowest BCUT2D eigenvalue weighted by molar-refractivity contribution is 0.332. The van der Waals surface area contributed by atoms with Crippen molar-refractivity contribution in [3.8, 4) is 0 Å². The van der Waals surface area contributed by atoms with Crippen LogP contribution in [0, 0.1) is 6.92 Å². The zero-order valence-electron chi connectivity index (χ0n) is 11.2. The van der Waals surface area contributed by atoms with Gasteiger partial charge in [-0.3, -0.25) is 0 Å². The first-order chi connectivity index (χ1) is 8.61. The summed E-state index contributed by atoms with van der Waals surface area (Å²) < 4.78 is 0. The Morgan fingerprint density at radius 3 is 2.89 bits per heavy atom. The van der Waals surface area contributed by atoms with Gasteiger partial charge in [-0.1, -0.05) is 17.7 Å². The van der Waals surface area contributed by atoms with Crippen molar-refractivity contribution in [2.75, 3.05) is 38.1 Å². The third kappa shape index (κ3) is 2.97. The Hall–Kier alpha value is -0.770. The molecule has 0 saturated carbocycles. The van der Waals surface area contributed by atoms with E-state index in [4.69, 9.17) is 17.3 Å². The molecular weight excluding hydrogens is 246 g/mol. The fourth-order valence-corrected chi connectivity index (χ4v) is 2.82. The molecule has 100 valence electrons. The smallest absolute Gasteiger partial charge is 0.0539 e. The molecule has 2 rings (SSSR count). The predicted molar refractivity (Wildman–Crippen MR) is 78.5 cm³/mol. The highest BCUT2D eigenvalue weighted by Gasteiger charge is 2.23. The second kappa shape index (κ2) is 5.91. The second-order valence-electron chi connectivity index (χ2n) is 5.13. The van der Waals surface area contributed by atoms with Crippen LogP contribution in [0.5, 0.6) is 0 Å². The lowest BCUT2D eigenvalue weighted by Gasteiger charge is -2.33. The Labute approximate surface area is 115 Å². The van der Waals surface area contributed by atoms with Crippen molar-refractivity contribution in [2.24, 2.45) is 5.73 Å². The van der Waals surface area contributed by atoms with E-state index in [0.29, 0.717) is 12.6 Å². The van der Waals surface area contributed by atoms with Gasteiger partial charge in [0.05, 0.1) is 6.04 Å². The largest absolute Gasteiger partial charge is 0.366 e. The van der Waals surface area contributed by atoms with E-state index in [-0.39, 0.29) is 0 Å². The minimum Gasteiger partial charge on any atom is -0.366 e. The van der Waals surface area contributed by atoms with Crippen LogP contribution in [0.1, 0.15) is 12.0 Å². The maximum atomic E-state index is 6.13. The molecule has 0 aliphatic carbocycles. The molecule has 1 heterocycles. The first-order valence-corrected chi connectivity index (χ1v) is 6.91. The summed E-state index contributed by atoms with van der Waals surface area (Å²) in [6, 6.07) is 6.46. The van der Waals surface area contributed by atoms with Gasteiger partial charge in [0.1, 0.15) is 0 Å². The Morgan fingerprint density at radius 1 is 1.39 bits per heavy atom. The molecule has 1 aromatic carbocycles. The fraction of sp³-hybridized carbons (Fsp3) is 0.571. The Balaban J connectivity index is 2.31. The number of nitrogens with zero attached hydrogens (tertiary/aromatic N) is 2. The highest BCUT2D eigenvalue weighted by Crippen LogP contribution is 2.27. The molecule has 1 fully saturated rings. The van der Waals surface area contributed by atoms with Crippen molar-refractivity contribution >= 4 is 17.3 Å². The van der Waals surface area contributed by atoms with Crippen LogP contribution in [0.15, 0.2) is 18.2 Å². The van der Waals surface area contributed by atoms with Crippen LogP contribution in [0.4, 0.5) is 5.69 Å². The van der Waals surface area contributed by atoms with Crippen molar-refractivity contribution < 1.29 is 0 Å². The minimum atomic E-state index is 0.370. The van der Waals surface area contributed by atoms with Gasteiger partial charge in [-0.2, -0.15) is 0 Å². The monoisotopic (exact) mass is 267 g/mol. The third-order valence-electron chi connectivity index (χ3n) is 3.65. The first kappa shape index (κ1) is 13.7. The quantitative estimate of drug-likeness (QED) is 0.891. The summed E-state index contributed by atoms with van der Waals surface area (Å²) in [4.78, 5) is 4.78. The van der Waals surface area contributed by atoms with E-state index in [1.807, 2.05) is 6.07 Å². The zero-order valence-corrected chi connectivity index (χ0v) is 12.0. The number of anilines is 1. The molecule has 0 radical (unpaired) electrons. The number of benzene rings is 1. The topological polar surface area (TPSA) is 32.5 Å². The maximum absolute atomic E-state index is 6.13. The van der Waals surface area contributed by atoms with Crippen molar-refractivity contribution in [1.29, 1.82) is 0 Å². The van der Waals surface area contributed by atoms with Gasteiger partial charge in [0.2, 0.25) is 0 Å². The van der Waals surface area contributed by atoms with Gasteiger partial charge in [-0.15, -0.1) is 0 Å². The van der Waals surface area contributed by atoms with Crippen molar-refractivity contribution in [3.05, 3.63) is 28.8 Å². The molecule has 18 heavy (non-hydrogen) atoms. The summed E-state index contributed by atoms with van der Waals surface area (Å²) in [7, 11) is 2.16. The Kier molecular flexibility index (Phi) is 4.49. The van der Waals surface area contributed by atoms with E-state index < -0.39 is 0 Å². The molecule has 0 bridgehead atoms. The highest BCUT2D eigenvalue weighted by atomic mass is 35.5. The lowest BCUT2D eigenvalue weighted by atomic mass is 10.1. The summed E-state index contributed by atoms with van der Waals surface area (Å²) >= 11 is 6.13. The fourth-order valence-electron chi connectivity index (χ4n) is 2.65. The van der Waals surface area contributed by atoms with E-state index in [1.165, 1.54) is 17.7 Å². The molecule has 1 saturated heterocycles. The minimum absolute atomic E-state index is 0.370. The summed E-state index contributed by atoms with van der Waals surface area (Å²) in [5, 5.41) is 0.795. The van der Waals surface area contributed by atoms with Gasteiger partial charge in [0, 0.05) is 30.3 Å². The van der Waals surface area contributed by atoms with E-state index in [0.717, 1.165) is 24.7 Å². The lowest BCUT2D eigenvalue weighted by Crippen LogP contribution is -2.45. The molecule has 1 unspecified atom stereocenters. The van der Waals surface area contributed by atoms with Gasteiger partial charge < -0.3 is 15.5 Å². The standard InChI is InChI=1S/C14H22ClN3/c1-11-4-5-12(15)8-14(11)18-7-3-6-17(2)10-13(18)9-16/h4-5,8,13H,3,6-7,9-10,16H2,1-2H3. The van der Waals surface area contributed by atoms with Crippen LogP contribution < -0.4 is 10.6 Å². The Bertz CT molecular complexity index is 408. The third-order valence-corrected chi connectivity index (χ3v) is 3.89. The molecular formula is C14H22ClN3. The number of likely N-dealkylation sites (N-methyl/N-ethyl adjacent to an activating group) is 1. The molecule has 1 atom stereocenters. The van der Waals surface area contributed by atoms with E-state index in [9.17, 15) is 0 Å². The molecule has 1 aliphatic heterocycles. The molecule has 1 aromatic rings. The van der Waals surface area contributed by atoms with Crippen LogP contribution in [-0.2, 0) is 0 Å². The van der Waals surface area contributed by atoms with Gasteiger partial charge in [-0.25, -0.2) is 0 Å². The van der Waals surface area contributed by atoms with Crippen LogP contribution in [0.25, 0.3) is 0 Å². The van der Waals surface area contributed by atoms with E-state index >= 15 is 0 Å². The summed E-state index contributed by atoms with van der Waals surface area (Å²) in [5.74, 6) is 0. The van der Waals surface area contributed by atoms with Crippen LogP contribution in [-0.4, -0.2) is 44.2 Å². The van der Waals surface area contributed by atoms with Gasteiger partial charge in [0.25, 0.3) is 0 Å². The molecule has 4 heteroatoms. The summed E-state index contributed by atoms with van der Waals surface area (Å²) in [6.45, 7) is 6.01. The number of hydrogen-bond acceptors (Lipinski definition) is 3. The number of nitrogens with two attached hydrogens (primary N) is 1. The Morgan fingerprint density at radius 2 is 2.17 bits per heavy atom. The van der Waals surface area contributed by atoms with Gasteiger partial charge in [-0.05, 0) is 44.6 Å². The van der Waals surface area contributed by atoms with E-state index in [2.05, 4.69) is 35.9 Å². The number of rotatable bonds is 2. The van der Waals surface area contributed by atoms with Crippen molar-refractivity contribution in [2.45, 2.75) is 19.4 Å². The predicted octanol–water partition coefficient (Wildman–Crippen LogP) is 2.12. The molecule has 0 spiro atoms. The highest BCUT2D eigenvalue weighted by molar-refractivity contribution is 6.30. The van der Waals surface area contributed by atoms with Crippen molar-refractivity contribution in [1.82, 2.24) is 4.90 Å². The number of hydrogen-bond donors (Lipinski definition) is 1. The maximum Gasteiger partial charge on any atom is 0.0539 e. The second-order valence-corrected chi connectivity index (χ2v) is 5.57. The molecule has 2 N–H and O–H groups in total. The number of halogens is 1. The summed E-state index contributed by atoms with van der Waals surface area (Å²) in [6.07, 6.45) is 1.17. The van der Waals surface area contributed by atoms with Crippen LogP contribution in [0.2, 0.25) is 5.02 Å². The van der Waals surface area contributed by atoms with Gasteiger partial charge >= 0.3 is 0 Å². The first-order valence-electron chi connectivity index (χ1n) is 6.53.